The molecule has 3 aromatic carbocycles. The van der Waals surface area contributed by atoms with E-state index in [9.17, 15) is 14.9 Å². The molecule has 1 aliphatic heterocycles. The summed E-state index contributed by atoms with van der Waals surface area (Å²) in [5.74, 6) is 0.675. The monoisotopic (exact) mass is 472 g/mol. The quantitative estimate of drug-likeness (QED) is 0.306. The summed E-state index contributed by atoms with van der Waals surface area (Å²) >= 11 is 0. The Balaban J connectivity index is 1.76. The van der Waals surface area contributed by atoms with Crippen LogP contribution in [0, 0.1) is 10.1 Å². The third kappa shape index (κ3) is 4.33. The Morgan fingerprint density at radius 1 is 1.03 bits per heavy atom. The van der Waals surface area contributed by atoms with Crippen LogP contribution >= 0.6 is 0 Å². The van der Waals surface area contributed by atoms with Gasteiger partial charge in [0.05, 0.1) is 35.8 Å². The first-order chi connectivity index (χ1) is 17.1. The minimum absolute atomic E-state index is 0.122. The number of hydrogen-bond donors (Lipinski definition) is 0. The number of ether oxygens (including phenoxy) is 2. The number of aromatic nitrogens is 2. The van der Waals surface area contributed by atoms with Crippen LogP contribution in [-0.4, -0.2) is 47.6 Å². The number of nitro groups is 1. The second-order valence-electron chi connectivity index (χ2n) is 8.10. The lowest BCUT2D eigenvalue weighted by Gasteiger charge is -2.29. The van der Waals surface area contributed by atoms with Crippen LogP contribution in [0.5, 0.6) is 5.75 Å². The molecule has 9 heteroatoms. The second kappa shape index (κ2) is 9.55. The molecule has 4 aromatic rings. The van der Waals surface area contributed by atoms with Gasteiger partial charge >= 0.3 is 0 Å². The molecule has 9 nitrogen and oxygen atoms in total. The molecule has 2 heterocycles. The first-order valence-corrected chi connectivity index (χ1v) is 11.4. The Labute approximate surface area is 201 Å². The summed E-state index contributed by atoms with van der Waals surface area (Å²) in [6.45, 7) is 4.87. The van der Waals surface area contributed by atoms with E-state index in [1.165, 1.54) is 6.07 Å². The van der Waals surface area contributed by atoms with Gasteiger partial charge in [-0.2, -0.15) is 9.78 Å². The Morgan fingerprint density at radius 2 is 1.80 bits per heavy atom. The van der Waals surface area contributed by atoms with Gasteiger partial charge in [0.1, 0.15) is 11.4 Å². The molecule has 0 aliphatic carbocycles. The molecule has 0 amide bonds. The number of nitrogens with zero attached hydrogens (tertiary/aromatic N) is 4. The lowest BCUT2D eigenvalue weighted by molar-refractivity contribution is -0.384. The van der Waals surface area contributed by atoms with E-state index in [2.05, 4.69) is 10.00 Å². The number of morpholine rings is 1. The zero-order chi connectivity index (χ0) is 24.4. The van der Waals surface area contributed by atoms with E-state index in [0.717, 1.165) is 15.9 Å². The van der Waals surface area contributed by atoms with Crippen molar-refractivity contribution in [1.82, 2.24) is 9.78 Å². The summed E-state index contributed by atoms with van der Waals surface area (Å²) in [6.07, 6.45) is 0. The van der Waals surface area contributed by atoms with Crippen molar-refractivity contribution in [2.75, 3.05) is 37.8 Å². The zero-order valence-corrected chi connectivity index (χ0v) is 19.2. The summed E-state index contributed by atoms with van der Waals surface area (Å²) < 4.78 is 12.2. The van der Waals surface area contributed by atoms with Crippen LogP contribution in [0.2, 0.25) is 0 Å². The summed E-state index contributed by atoms with van der Waals surface area (Å²) in [5.41, 5.74) is 1.56. The fourth-order valence-electron chi connectivity index (χ4n) is 4.32. The predicted octanol–water partition coefficient (Wildman–Crippen LogP) is 4.20. The number of hydrogen-bond acceptors (Lipinski definition) is 7. The number of nitro benzene ring substituents is 1. The van der Waals surface area contributed by atoms with Gasteiger partial charge in [-0.1, -0.05) is 30.3 Å². The van der Waals surface area contributed by atoms with Gasteiger partial charge < -0.3 is 14.4 Å². The van der Waals surface area contributed by atoms with Crippen molar-refractivity contribution in [2.45, 2.75) is 6.92 Å². The Hall–Kier alpha value is -4.24. The number of rotatable bonds is 6. The molecule has 35 heavy (non-hydrogen) atoms. The van der Waals surface area contributed by atoms with Crippen LogP contribution in [0.3, 0.4) is 0 Å². The maximum Gasteiger partial charge on any atom is 0.295 e. The highest BCUT2D eigenvalue weighted by Gasteiger charge is 2.23. The first kappa shape index (κ1) is 22.5. The molecule has 0 spiro atoms. The smallest absolute Gasteiger partial charge is 0.295 e. The van der Waals surface area contributed by atoms with E-state index >= 15 is 0 Å². The molecule has 0 radical (unpaired) electrons. The summed E-state index contributed by atoms with van der Waals surface area (Å²) in [7, 11) is 0. The number of fused-ring (bicyclic) bond motifs is 1. The van der Waals surface area contributed by atoms with Crippen LogP contribution in [0.25, 0.3) is 27.7 Å². The number of anilines is 1. The average Bonchev–Trinajstić information content (AvgIpc) is 2.89. The van der Waals surface area contributed by atoms with E-state index in [1.54, 1.807) is 24.3 Å². The fraction of sp³-hybridized carbons (Fsp3) is 0.231. The zero-order valence-electron chi connectivity index (χ0n) is 19.2. The van der Waals surface area contributed by atoms with E-state index in [0.29, 0.717) is 55.1 Å². The summed E-state index contributed by atoms with van der Waals surface area (Å²) in [5, 5.41) is 17.7. The first-order valence-electron chi connectivity index (χ1n) is 11.4. The molecule has 0 atom stereocenters. The molecule has 1 aromatic heterocycles. The van der Waals surface area contributed by atoms with Gasteiger partial charge in [-0.05, 0) is 37.3 Å². The van der Waals surface area contributed by atoms with Gasteiger partial charge in [0.2, 0.25) is 0 Å². The Kier molecular flexibility index (Phi) is 6.15. The van der Waals surface area contributed by atoms with Crippen molar-refractivity contribution in [1.29, 1.82) is 0 Å². The maximum atomic E-state index is 13.6. The van der Waals surface area contributed by atoms with E-state index in [-0.39, 0.29) is 11.4 Å². The molecular formula is C26H24N4O5. The summed E-state index contributed by atoms with van der Waals surface area (Å²) in [6, 6.07) is 19.4. The van der Waals surface area contributed by atoms with E-state index < -0.39 is 10.5 Å². The normalized spacial score (nSPS) is 13.7. The van der Waals surface area contributed by atoms with E-state index in [4.69, 9.17) is 9.47 Å². The highest BCUT2D eigenvalue weighted by molar-refractivity contribution is 5.94. The van der Waals surface area contributed by atoms with Gasteiger partial charge in [0, 0.05) is 35.8 Å². The molecule has 178 valence electrons. The van der Waals surface area contributed by atoms with Crippen molar-refractivity contribution in [3.63, 3.8) is 0 Å². The van der Waals surface area contributed by atoms with Crippen LogP contribution in [0.4, 0.5) is 11.4 Å². The molecule has 0 N–H and O–H groups in total. The SMILES string of the molecule is CCOc1cccc(-c2nn(-c3cc(N4CCOCC4)ccc3[N+](=O)[O-])c(=O)c3ccccc23)c1. The topological polar surface area (TPSA) is 99.7 Å². The van der Waals surface area contributed by atoms with Gasteiger partial charge in [-0.15, -0.1) is 0 Å². The average molecular weight is 473 g/mol. The highest BCUT2D eigenvalue weighted by Crippen LogP contribution is 2.31. The third-order valence-corrected chi connectivity index (χ3v) is 5.98. The standard InChI is InChI=1S/C26H24N4O5/c1-2-35-20-7-5-6-18(16-20)25-21-8-3-4-9-22(21)26(31)29(27-25)24-17-19(10-11-23(24)30(32)33)28-12-14-34-15-13-28/h3-11,16-17H,2,12-15H2,1H3. The van der Waals surface area contributed by atoms with Crippen LogP contribution in [-0.2, 0) is 4.74 Å². The van der Waals surface area contributed by atoms with Crippen LogP contribution < -0.4 is 15.2 Å². The lowest BCUT2D eigenvalue weighted by atomic mass is 10.0. The molecule has 1 saturated heterocycles. The van der Waals surface area contributed by atoms with Crippen molar-refractivity contribution < 1.29 is 14.4 Å². The van der Waals surface area contributed by atoms with Gasteiger partial charge in [0.15, 0.2) is 0 Å². The van der Waals surface area contributed by atoms with Gasteiger partial charge in [-0.3, -0.25) is 14.9 Å². The van der Waals surface area contributed by atoms with Crippen LogP contribution in [0.15, 0.2) is 71.5 Å². The van der Waals surface area contributed by atoms with Crippen molar-refractivity contribution >= 4 is 22.1 Å². The minimum atomic E-state index is -0.489. The largest absolute Gasteiger partial charge is 0.494 e. The van der Waals surface area contributed by atoms with Crippen molar-refractivity contribution in [3.05, 3.63) is 87.2 Å². The molecule has 1 aliphatic rings. The maximum absolute atomic E-state index is 13.6. The molecule has 1 fully saturated rings. The van der Waals surface area contributed by atoms with Gasteiger partial charge in [-0.25, -0.2) is 0 Å². The van der Waals surface area contributed by atoms with Gasteiger partial charge in [0.25, 0.3) is 11.2 Å². The van der Waals surface area contributed by atoms with Crippen LogP contribution in [0.1, 0.15) is 6.92 Å². The van der Waals surface area contributed by atoms with E-state index in [1.807, 2.05) is 43.3 Å². The predicted molar refractivity (Wildman–Crippen MR) is 134 cm³/mol. The van der Waals surface area contributed by atoms with Crippen molar-refractivity contribution in [2.24, 2.45) is 0 Å². The van der Waals surface area contributed by atoms with Crippen molar-refractivity contribution in [3.8, 4) is 22.7 Å². The minimum Gasteiger partial charge on any atom is -0.494 e. The molecular weight excluding hydrogens is 448 g/mol. The third-order valence-electron chi connectivity index (χ3n) is 5.98. The lowest BCUT2D eigenvalue weighted by Crippen LogP contribution is -2.36. The fourth-order valence-corrected chi connectivity index (χ4v) is 4.32. The number of benzene rings is 3. The Bertz CT molecular complexity index is 1460. The Morgan fingerprint density at radius 3 is 2.54 bits per heavy atom. The molecule has 5 rings (SSSR count). The molecule has 0 bridgehead atoms. The molecule has 0 unspecified atom stereocenters. The molecule has 0 saturated carbocycles. The second-order valence-corrected chi connectivity index (χ2v) is 8.10. The highest BCUT2D eigenvalue weighted by atomic mass is 16.6. The summed E-state index contributed by atoms with van der Waals surface area (Å²) in [4.78, 5) is 27.1.